The molecule has 6 heteroatoms. The van der Waals surface area contributed by atoms with E-state index in [1.807, 2.05) is 13.8 Å². The minimum absolute atomic E-state index is 0.0521. The molecule has 1 saturated heterocycles. The van der Waals surface area contributed by atoms with Crippen LogP contribution in [-0.4, -0.2) is 59.9 Å². The van der Waals surface area contributed by atoms with Crippen LogP contribution >= 0.6 is 0 Å². The quantitative estimate of drug-likeness (QED) is 0.682. The van der Waals surface area contributed by atoms with Crippen LogP contribution in [0.4, 0.5) is 0 Å². The standard InChI is InChI=1S/C14H26O6/c1-4-7-12(16)14(19-6-3)8-10(15)13(17)11(20-14)9-18-5-2/h10-11,13,15,17H,4-9H2,1-3H3/t10-,11-,13+,14?/m1/s1. The van der Waals surface area contributed by atoms with Crippen molar-refractivity contribution in [3.63, 3.8) is 0 Å². The highest BCUT2D eigenvalue weighted by atomic mass is 16.7. The summed E-state index contributed by atoms with van der Waals surface area (Å²) in [4.78, 5) is 12.3. The number of hydrogen-bond donors (Lipinski definition) is 2. The summed E-state index contributed by atoms with van der Waals surface area (Å²) in [5.41, 5.74) is 0. The van der Waals surface area contributed by atoms with E-state index in [1.165, 1.54) is 0 Å². The van der Waals surface area contributed by atoms with E-state index in [-0.39, 0.29) is 18.8 Å². The van der Waals surface area contributed by atoms with Gasteiger partial charge < -0.3 is 24.4 Å². The highest BCUT2D eigenvalue weighted by Gasteiger charge is 2.51. The Morgan fingerprint density at radius 2 is 2.00 bits per heavy atom. The van der Waals surface area contributed by atoms with Crippen molar-refractivity contribution < 1.29 is 29.2 Å². The highest BCUT2D eigenvalue weighted by Crippen LogP contribution is 2.33. The van der Waals surface area contributed by atoms with Gasteiger partial charge in [0, 0.05) is 26.1 Å². The number of carbonyl (C=O) groups excluding carboxylic acids is 1. The Bertz CT molecular complexity index is 308. The van der Waals surface area contributed by atoms with E-state index in [1.54, 1.807) is 6.92 Å². The molecule has 1 heterocycles. The summed E-state index contributed by atoms with van der Waals surface area (Å²) in [5, 5.41) is 20.0. The Labute approximate surface area is 120 Å². The molecule has 0 aromatic heterocycles. The number of Topliss-reactive ketones (excluding diaryl/α,β-unsaturated/α-hetero) is 1. The van der Waals surface area contributed by atoms with Gasteiger partial charge >= 0.3 is 0 Å². The average molecular weight is 290 g/mol. The van der Waals surface area contributed by atoms with Crippen LogP contribution in [0.3, 0.4) is 0 Å². The molecular formula is C14H26O6. The first-order chi connectivity index (χ1) is 9.50. The summed E-state index contributed by atoms with van der Waals surface area (Å²) in [6, 6.07) is 0. The van der Waals surface area contributed by atoms with E-state index in [2.05, 4.69) is 0 Å². The van der Waals surface area contributed by atoms with Gasteiger partial charge in [-0.2, -0.15) is 0 Å². The summed E-state index contributed by atoms with van der Waals surface area (Å²) < 4.78 is 16.5. The van der Waals surface area contributed by atoms with Crippen molar-refractivity contribution in [2.24, 2.45) is 0 Å². The zero-order valence-electron chi connectivity index (χ0n) is 12.5. The summed E-state index contributed by atoms with van der Waals surface area (Å²) in [7, 11) is 0. The summed E-state index contributed by atoms with van der Waals surface area (Å²) >= 11 is 0. The van der Waals surface area contributed by atoms with Crippen molar-refractivity contribution in [3.8, 4) is 0 Å². The molecule has 1 unspecified atom stereocenters. The molecule has 0 aromatic carbocycles. The second-order valence-corrected chi connectivity index (χ2v) is 4.94. The molecule has 1 fully saturated rings. The summed E-state index contributed by atoms with van der Waals surface area (Å²) in [5.74, 6) is -1.67. The van der Waals surface area contributed by atoms with Gasteiger partial charge in [0.15, 0.2) is 5.78 Å². The van der Waals surface area contributed by atoms with Crippen molar-refractivity contribution in [1.82, 2.24) is 0 Å². The normalized spacial score (nSPS) is 34.1. The van der Waals surface area contributed by atoms with Gasteiger partial charge in [-0.15, -0.1) is 0 Å². The van der Waals surface area contributed by atoms with Crippen LogP contribution in [0.2, 0.25) is 0 Å². The molecule has 0 radical (unpaired) electrons. The first-order valence-corrected chi connectivity index (χ1v) is 7.29. The van der Waals surface area contributed by atoms with Crippen LogP contribution in [-0.2, 0) is 19.0 Å². The Morgan fingerprint density at radius 3 is 2.55 bits per heavy atom. The zero-order valence-corrected chi connectivity index (χ0v) is 12.5. The number of aliphatic hydroxyl groups excluding tert-OH is 2. The van der Waals surface area contributed by atoms with Crippen LogP contribution in [0.15, 0.2) is 0 Å². The molecule has 1 aliphatic rings. The predicted molar refractivity (Wildman–Crippen MR) is 72.3 cm³/mol. The lowest BCUT2D eigenvalue weighted by molar-refractivity contribution is -0.306. The summed E-state index contributed by atoms with van der Waals surface area (Å²) in [6.07, 6.45) is -1.99. The van der Waals surface area contributed by atoms with E-state index < -0.39 is 24.1 Å². The fraction of sp³-hybridized carbons (Fsp3) is 0.929. The lowest BCUT2D eigenvalue weighted by atomic mass is 9.91. The number of ether oxygens (including phenoxy) is 3. The first-order valence-electron chi connectivity index (χ1n) is 7.29. The molecule has 2 N–H and O–H groups in total. The van der Waals surface area contributed by atoms with Gasteiger partial charge in [-0.05, 0) is 20.3 Å². The Kier molecular flexibility index (Phi) is 7.05. The lowest BCUT2D eigenvalue weighted by Gasteiger charge is -2.44. The number of hydrogen-bond acceptors (Lipinski definition) is 6. The third-order valence-corrected chi connectivity index (χ3v) is 3.36. The molecule has 1 aliphatic heterocycles. The molecule has 118 valence electrons. The second kappa shape index (κ2) is 8.05. The lowest BCUT2D eigenvalue weighted by Crippen LogP contribution is -2.60. The molecule has 0 aromatic rings. The number of rotatable bonds is 8. The number of ketones is 1. The van der Waals surface area contributed by atoms with Gasteiger partial charge in [-0.1, -0.05) is 6.92 Å². The van der Waals surface area contributed by atoms with Gasteiger partial charge in [0.2, 0.25) is 5.79 Å². The SMILES string of the molecule is CCCC(=O)C1(OCC)C[C@@H](O)[C@H](O)[C@@H](COCC)O1. The monoisotopic (exact) mass is 290 g/mol. The second-order valence-electron chi connectivity index (χ2n) is 4.94. The van der Waals surface area contributed by atoms with Crippen LogP contribution in [0, 0.1) is 0 Å². The third kappa shape index (κ3) is 3.99. The molecule has 0 bridgehead atoms. The molecule has 0 amide bonds. The van der Waals surface area contributed by atoms with Gasteiger partial charge in [-0.25, -0.2) is 0 Å². The van der Waals surface area contributed by atoms with Gasteiger partial charge in [0.1, 0.15) is 12.2 Å². The number of aliphatic hydroxyl groups is 2. The maximum Gasteiger partial charge on any atom is 0.231 e. The Hall–Kier alpha value is -0.530. The van der Waals surface area contributed by atoms with E-state index in [0.29, 0.717) is 26.1 Å². The largest absolute Gasteiger partial charge is 0.390 e. The van der Waals surface area contributed by atoms with E-state index >= 15 is 0 Å². The van der Waals surface area contributed by atoms with Crippen molar-refractivity contribution >= 4 is 5.78 Å². The van der Waals surface area contributed by atoms with Gasteiger partial charge in [0.25, 0.3) is 0 Å². The summed E-state index contributed by atoms with van der Waals surface area (Å²) in [6.45, 7) is 6.35. The maximum absolute atomic E-state index is 12.3. The minimum atomic E-state index is -1.47. The zero-order chi connectivity index (χ0) is 15.2. The van der Waals surface area contributed by atoms with Crippen LogP contribution in [0.5, 0.6) is 0 Å². The van der Waals surface area contributed by atoms with Gasteiger partial charge in [0.05, 0.1) is 12.7 Å². The smallest absolute Gasteiger partial charge is 0.231 e. The predicted octanol–water partition coefficient (Wildman–Crippen LogP) is 0.636. The number of carbonyl (C=O) groups is 1. The van der Waals surface area contributed by atoms with Crippen LogP contribution in [0.25, 0.3) is 0 Å². The van der Waals surface area contributed by atoms with Gasteiger partial charge in [-0.3, -0.25) is 4.79 Å². The molecule has 4 atom stereocenters. The van der Waals surface area contributed by atoms with E-state index in [9.17, 15) is 15.0 Å². The molecule has 0 spiro atoms. The maximum atomic E-state index is 12.3. The van der Waals surface area contributed by atoms with Crippen molar-refractivity contribution in [2.45, 2.75) is 64.1 Å². The van der Waals surface area contributed by atoms with E-state index in [0.717, 1.165) is 0 Å². The average Bonchev–Trinajstić information content (AvgIpc) is 2.41. The Balaban J connectivity index is 2.89. The molecule has 0 saturated carbocycles. The third-order valence-electron chi connectivity index (χ3n) is 3.36. The fourth-order valence-electron chi connectivity index (χ4n) is 2.38. The fourth-order valence-corrected chi connectivity index (χ4v) is 2.38. The molecule has 0 aliphatic carbocycles. The topological polar surface area (TPSA) is 85.2 Å². The van der Waals surface area contributed by atoms with Crippen LogP contribution in [0.1, 0.15) is 40.0 Å². The molecular weight excluding hydrogens is 264 g/mol. The van der Waals surface area contributed by atoms with E-state index in [4.69, 9.17) is 14.2 Å². The molecule has 1 rings (SSSR count). The van der Waals surface area contributed by atoms with Crippen molar-refractivity contribution in [3.05, 3.63) is 0 Å². The first kappa shape index (κ1) is 17.5. The molecule has 20 heavy (non-hydrogen) atoms. The van der Waals surface area contributed by atoms with Crippen molar-refractivity contribution in [1.29, 1.82) is 0 Å². The highest BCUT2D eigenvalue weighted by molar-refractivity contribution is 5.86. The van der Waals surface area contributed by atoms with Crippen molar-refractivity contribution in [2.75, 3.05) is 19.8 Å². The van der Waals surface area contributed by atoms with Crippen LogP contribution < -0.4 is 0 Å². The minimum Gasteiger partial charge on any atom is -0.390 e. The Morgan fingerprint density at radius 1 is 1.30 bits per heavy atom. The molecule has 6 nitrogen and oxygen atoms in total.